The van der Waals surface area contributed by atoms with E-state index in [1.807, 2.05) is 18.8 Å². The first-order chi connectivity index (χ1) is 7.20. The third-order valence-electron chi connectivity index (χ3n) is 2.60. The van der Waals surface area contributed by atoms with E-state index in [0.29, 0.717) is 16.9 Å². The van der Waals surface area contributed by atoms with Crippen molar-refractivity contribution >= 4 is 34.9 Å². The van der Waals surface area contributed by atoms with Crippen LogP contribution < -0.4 is 10.6 Å². The molecular weight excluding hydrogens is 232 g/mol. The van der Waals surface area contributed by atoms with Crippen LogP contribution in [0.3, 0.4) is 0 Å². The highest BCUT2D eigenvalue weighted by molar-refractivity contribution is 7.99. The van der Waals surface area contributed by atoms with Crippen molar-refractivity contribution < 1.29 is 0 Å². The van der Waals surface area contributed by atoms with Crippen molar-refractivity contribution in [3.8, 4) is 0 Å². The smallest absolute Gasteiger partial charge is 0.157 e. The summed E-state index contributed by atoms with van der Waals surface area (Å²) in [5, 5.41) is 0.331. The molecule has 1 aromatic rings. The van der Waals surface area contributed by atoms with Crippen LogP contribution >= 0.6 is 23.4 Å². The summed E-state index contributed by atoms with van der Waals surface area (Å²) in [6.45, 7) is 0. The predicted molar refractivity (Wildman–Crippen MR) is 65.6 cm³/mol. The van der Waals surface area contributed by atoms with Gasteiger partial charge in [-0.15, -0.1) is 0 Å². The van der Waals surface area contributed by atoms with E-state index >= 15 is 0 Å². The summed E-state index contributed by atoms with van der Waals surface area (Å²) < 4.78 is 0. The Balaban J connectivity index is 2.24. The Morgan fingerprint density at radius 3 is 3.07 bits per heavy atom. The molecule has 0 amide bonds. The van der Waals surface area contributed by atoms with Gasteiger partial charge in [0.1, 0.15) is 12.0 Å². The van der Waals surface area contributed by atoms with Gasteiger partial charge in [-0.1, -0.05) is 11.6 Å². The summed E-state index contributed by atoms with van der Waals surface area (Å²) >= 11 is 7.81. The summed E-state index contributed by atoms with van der Waals surface area (Å²) in [5.41, 5.74) is 6.32. The number of nitrogens with zero attached hydrogens (tertiary/aromatic N) is 3. The van der Waals surface area contributed by atoms with Gasteiger partial charge in [0.05, 0.1) is 0 Å². The molecule has 1 aliphatic rings. The molecule has 1 saturated heterocycles. The molecule has 0 aromatic carbocycles. The van der Waals surface area contributed by atoms with Crippen LogP contribution in [-0.4, -0.2) is 34.6 Å². The third kappa shape index (κ3) is 2.13. The van der Waals surface area contributed by atoms with Crippen LogP contribution in [0.5, 0.6) is 0 Å². The number of nitrogens with two attached hydrogens (primary N) is 1. The van der Waals surface area contributed by atoms with Gasteiger partial charge in [-0.2, -0.15) is 11.8 Å². The Bertz CT molecular complexity index is 354. The van der Waals surface area contributed by atoms with Gasteiger partial charge in [-0.25, -0.2) is 9.97 Å². The Morgan fingerprint density at radius 2 is 2.40 bits per heavy atom. The van der Waals surface area contributed by atoms with Gasteiger partial charge in [-0.05, 0) is 12.2 Å². The van der Waals surface area contributed by atoms with Crippen molar-refractivity contribution in [3.05, 3.63) is 11.5 Å². The molecule has 0 saturated carbocycles. The molecular formula is C9H13ClN4S. The highest BCUT2D eigenvalue weighted by Crippen LogP contribution is 2.30. The lowest BCUT2D eigenvalue weighted by molar-refractivity contribution is 0.691. The van der Waals surface area contributed by atoms with Gasteiger partial charge in [0, 0.05) is 18.8 Å². The van der Waals surface area contributed by atoms with Crippen LogP contribution in [0.15, 0.2) is 6.33 Å². The van der Waals surface area contributed by atoms with Crippen LogP contribution in [0.25, 0.3) is 0 Å². The van der Waals surface area contributed by atoms with E-state index in [9.17, 15) is 0 Å². The molecule has 6 heteroatoms. The number of thioether (sulfide) groups is 1. The van der Waals surface area contributed by atoms with E-state index in [2.05, 4.69) is 14.9 Å². The molecule has 0 bridgehead atoms. The van der Waals surface area contributed by atoms with Gasteiger partial charge < -0.3 is 10.6 Å². The number of aromatic nitrogens is 2. The van der Waals surface area contributed by atoms with Crippen LogP contribution in [0.4, 0.5) is 11.5 Å². The minimum Gasteiger partial charge on any atom is -0.393 e. The molecule has 1 aromatic heterocycles. The van der Waals surface area contributed by atoms with E-state index in [-0.39, 0.29) is 0 Å². The molecule has 0 radical (unpaired) electrons. The second-order valence-electron chi connectivity index (χ2n) is 3.53. The molecule has 1 aliphatic heterocycles. The minimum absolute atomic E-state index is 0.331. The number of halogens is 1. The monoisotopic (exact) mass is 244 g/mol. The molecule has 2 heterocycles. The fraction of sp³-hybridized carbons (Fsp3) is 0.556. The summed E-state index contributed by atoms with van der Waals surface area (Å²) in [5.74, 6) is 3.06. The molecule has 82 valence electrons. The summed E-state index contributed by atoms with van der Waals surface area (Å²) in [7, 11) is 2.01. The number of hydrogen-bond acceptors (Lipinski definition) is 5. The molecule has 2 rings (SSSR count). The maximum atomic E-state index is 5.86. The zero-order chi connectivity index (χ0) is 10.8. The van der Waals surface area contributed by atoms with Crippen molar-refractivity contribution in [1.29, 1.82) is 0 Å². The zero-order valence-corrected chi connectivity index (χ0v) is 10.1. The van der Waals surface area contributed by atoms with Crippen LogP contribution in [0.2, 0.25) is 5.15 Å². The van der Waals surface area contributed by atoms with Crippen molar-refractivity contribution in [2.24, 2.45) is 0 Å². The maximum absolute atomic E-state index is 5.86. The van der Waals surface area contributed by atoms with Gasteiger partial charge in [0.2, 0.25) is 0 Å². The molecule has 1 unspecified atom stereocenters. The minimum atomic E-state index is 0.331. The summed E-state index contributed by atoms with van der Waals surface area (Å²) in [4.78, 5) is 10.1. The van der Waals surface area contributed by atoms with Crippen LogP contribution in [0, 0.1) is 0 Å². The number of hydrogen-bond donors (Lipinski definition) is 1. The second kappa shape index (κ2) is 4.45. The van der Waals surface area contributed by atoms with E-state index in [4.69, 9.17) is 17.3 Å². The fourth-order valence-corrected chi connectivity index (χ4v) is 3.04. The van der Waals surface area contributed by atoms with Gasteiger partial charge in [0.15, 0.2) is 11.0 Å². The predicted octanol–water partition coefficient (Wildman–Crippen LogP) is 1.65. The number of anilines is 2. The van der Waals surface area contributed by atoms with E-state index in [1.54, 1.807) is 0 Å². The molecule has 0 aliphatic carbocycles. The SMILES string of the molecule is CN(c1ncnc(Cl)c1N)C1CCSC1. The normalized spacial score (nSPS) is 20.5. The summed E-state index contributed by atoms with van der Waals surface area (Å²) in [6, 6.07) is 0.503. The molecule has 2 N–H and O–H groups in total. The second-order valence-corrected chi connectivity index (χ2v) is 5.04. The lowest BCUT2D eigenvalue weighted by atomic mass is 10.2. The average molecular weight is 245 g/mol. The molecule has 4 nitrogen and oxygen atoms in total. The number of nitrogen functional groups attached to an aromatic ring is 1. The first-order valence-corrected chi connectivity index (χ1v) is 6.30. The fourth-order valence-electron chi connectivity index (χ4n) is 1.65. The van der Waals surface area contributed by atoms with E-state index in [0.717, 1.165) is 11.6 Å². The van der Waals surface area contributed by atoms with E-state index in [1.165, 1.54) is 18.5 Å². The zero-order valence-electron chi connectivity index (χ0n) is 8.48. The molecule has 0 spiro atoms. The van der Waals surface area contributed by atoms with Gasteiger partial charge >= 0.3 is 0 Å². The quantitative estimate of drug-likeness (QED) is 0.802. The Kier molecular flexibility index (Phi) is 3.21. The van der Waals surface area contributed by atoms with Crippen molar-refractivity contribution in [2.45, 2.75) is 12.5 Å². The largest absolute Gasteiger partial charge is 0.393 e. The third-order valence-corrected chi connectivity index (χ3v) is 4.05. The lowest BCUT2D eigenvalue weighted by Crippen LogP contribution is -2.32. The molecule has 1 fully saturated rings. The van der Waals surface area contributed by atoms with Gasteiger partial charge in [0.25, 0.3) is 0 Å². The Morgan fingerprint density at radius 1 is 1.60 bits per heavy atom. The molecule has 15 heavy (non-hydrogen) atoms. The summed E-state index contributed by atoms with van der Waals surface area (Å²) in [6.07, 6.45) is 2.62. The highest BCUT2D eigenvalue weighted by atomic mass is 35.5. The van der Waals surface area contributed by atoms with E-state index < -0.39 is 0 Å². The van der Waals surface area contributed by atoms with Crippen molar-refractivity contribution in [3.63, 3.8) is 0 Å². The van der Waals surface area contributed by atoms with Crippen LogP contribution in [0.1, 0.15) is 6.42 Å². The van der Waals surface area contributed by atoms with Crippen molar-refractivity contribution in [1.82, 2.24) is 9.97 Å². The lowest BCUT2D eigenvalue weighted by Gasteiger charge is -2.25. The Labute approximate surface area is 98.2 Å². The molecule has 1 atom stereocenters. The Hall–Kier alpha value is -0.680. The number of rotatable bonds is 2. The van der Waals surface area contributed by atoms with Gasteiger partial charge in [-0.3, -0.25) is 0 Å². The first-order valence-electron chi connectivity index (χ1n) is 4.76. The topological polar surface area (TPSA) is 55.0 Å². The average Bonchev–Trinajstić information content (AvgIpc) is 2.74. The van der Waals surface area contributed by atoms with Crippen LogP contribution in [-0.2, 0) is 0 Å². The highest BCUT2D eigenvalue weighted by Gasteiger charge is 2.23. The standard InChI is InChI=1S/C9H13ClN4S/c1-14(6-2-3-15-4-6)9-7(11)8(10)12-5-13-9/h5-6H,2-4,11H2,1H3. The van der Waals surface area contributed by atoms with Crippen molar-refractivity contribution in [2.75, 3.05) is 29.2 Å². The maximum Gasteiger partial charge on any atom is 0.157 e. The first kappa shape index (κ1) is 10.8.